The Morgan fingerprint density at radius 1 is 1.28 bits per heavy atom. The predicted octanol–water partition coefficient (Wildman–Crippen LogP) is 4.89. The average molecular weight is 342 g/mol. The second-order valence-corrected chi connectivity index (χ2v) is 8.81. The van der Waals surface area contributed by atoms with Crippen LogP contribution < -0.4 is 5.73 Å². The van der Waals surface area contributed by atoms with Gasteiger partial charge in [0.1, 0.15) is 0 Å². The van der Waals surface area contributed by atoms with Crippen molar-refractivity contribution in [1.82, 2.24) is 0 Å². The number of aliphatic hydroxyl groups excluding tert-OH is 1. The largest absolute Gasteiger partial charge is 0.394 e. The van der Waals surface area contributed by atoms with Crippen LogP contribution in [-0.4, -0.2) is 17.3 Å². The number of unbranched alkanes of at least 4 members (excludes halogenated alkanes) is 1. The van der Waals surface area contributed by atoms with Gasteiger partial charge in [-0.1, -0.05) is 29.8 Å². The first-order valence-electron chi connectivity index (χ1n) is 10.1. The van der Waals surface area contributed by atoms with Gasteiger partial charge in [0.25, 0.3) is 0 Å². The molecule has 0 bridgehead atoms. The molecule has 1 aromatic rings. The number of allylic oxidation sites excluding steroid dienone is 2. The maximum Gasteiger partial charge on any atom is 0.0611 e. The van der Waals surface area contributed by atoms with Crippen molar-refractivity contribution in [2.24, 2.45) is 11.7 Å². The summed E-state index contributed by atoms with van der Waals surface area (Å²) in [5.41, 5.74) is 11.9. The lowest BCUT2D eigenvalue weighted by Gasteiger charge is -2.26. The van der Waals surface area contributed by atoms with Crippen LogP contribution in [0.5, 0.6) is 0 Å². The molecule has 0 heterocycles. The van der Waals surface area contributed by atoms with Crippen molar-refractivity contribution in [3.05, 3.63) is 46.5 Å². The topological polar surface area (TPSA) is 46.2 Å². The summed E-state index contributed by atoms with van der Waals surface area (Å²) in [6.45, 7) is 4.49. The van der Waals surface area contributed by atoms with Gasteiger partial charge in [0, 0.05) is 5.54 Å². The Morgan fingerprint density at radius 3 is 2.84 bits per heavy atom. The Labute approximate surface area is 153 Å². The molecule has 1 saturated carbocycles. The molecule has 0 aromatic heterocycles. The minimum absolute atomic E-state index is 0.114. The van der Waals surface area contributed by atoms with E-state index in [0.717, 1.165) is 25.2 Å². The fourth-order valence-corrected chi connectivity index (χ4v) is 4.73. The molecule has 138 valence electrons. The summed E-state index contributed by atoms with van der Waals surface area (Å²) in [7, 11) is 0. The molecule has 1 fully saturated rings. The zero-order valence-electron chi connectivity index (χ0n) is 16.1. The highest BCUT2D eigenvalue weighted by Gasteiger charge is 2.36. The number of hydrogen-bond donors (Lipinski definition) is 2. The Balaban J connectivity index is 1.57. The lowest BCUT2D eigenvalue weighted by Crippen LogP contribution is -2.40. The van der Waals surface area contributed by atoms with Crippen molar-refractivity contribution in [2.45, 2.75) is 83.1 Å². The van der Waals surface area contributed by atoms with Gasteiger partial charge in [-0.2, -0.15) is 0 Å². The summed E-state index contributed by atoms with van der Waals surface area (Å²) in [5.74, 6) is 1.39. The number of benzene rings is 1. The van der Waals surface area contributed by atoms with E-state index in [1.165, 1.54) is 49.7 Å². The first-order valence-corrected chi connectivity index (χ1v) is 10.1. The Bertz CT molecular complexity index is 617. The normalized spacial score (nSPS) is 28.6. The Kier molecular flexibility index (Phi) is 6.01. The van der Waals surface area contributed by atoms with Crippen LogP contribution >= 0.6 is 0 Å². The molecule has 2 nitrogen and oxygen atoms in total. The maximum absolute atomic E-state index is 9.50. The van der Waals surface area contributed by atoms with E-state index in [0.29, 0.717) is 5.92 Å². The van der Waals surface area contributed by atoms with Crippen LogP contribution in [0.4, 0.5) is 0 Å². The number of rotatable bonds is 6. The number of fused-ring (bicyclic) bond motifs is 1. The van der Waals surface area contributed by atoms with Gasteiger partial charge in [-0.25, -0.2) is 0 Å². The van der Waals surface area contributed by atoms with Gasteiger partial charge in [0.05, 0.1) is 6.61 Å². The van der Waals surface area contributed by atoms with Gasteiger partial charge < -0.3 is 10.8 Å². The van der Waals surface area contributed by atoms with Gasteiger partial charge in [-0.15, -0.1) is 0 Å². The van der Waals surface area contributed by atoms with Crippen LogP contribution in [0, 0.1) is 5.92 Å². The Morgan fingerprint density at radius 2 is 2.12 bits per heavy atom. The lowest BCUT2D eigenvalue weighted by molar-refractivity contribution is 0.198. The first-order chi connectivity index (χ1) is 12.0. The first kappa shape index (κ1) is 18.7. The van der Waals surface area contributed by atoms with E-state index in [4.69, 9.17) is 5.73 Å². The predicted molar refractivity (Wildman–Crippen MR) is 106 cm³/mol. The van der Waals surface area contributed by atoms with Gasteiger partial charge in [-0.3, -0.25) is 0 Å². The van der Waals surface area contributed by atoms with Crippen LogP contribution in [0.25, 0.3) is 0 Å². The maximum atomic E-state index is 9.50. The SMILES string of the molecule is CC(C)=CCCC[C@@H]1CCc2cc([C@H]3CC[C@](N)(CO)C3)ccc2C1. The average Bonchev–Trinajstić information content (AvgIpc) is 3.01. The lowest BCUT2D eigenvalue weighted by atomic mass is 9.79. The zero-order valence-corrected chi connectivity index (χ0v) is 16.1. The van der Waals surface area contributed by atoms with Crippen LogP contribution in [0.3, 0.4) is 0 Å². The third-order valence-corrected chi connectivity index (χ3v) is 6.36. The zero-order chi connectivity index (χ0) is 17.9. The summed E-state index contributed by atoms with van der Waals surface area (Å²) in [4.78, 5) is 0. The second kappa shape index (κ2) is 8.05. The highest BCUT2D eigenvalue weighted by molar-refractivity contribution is 5.36. The standard InChI is InChI=1S/C23H35NO/c1-17(2)5-3-4-6-18-7-8-20-14-21(10-9-19(20)13-18)22-11-12-23(24,15-22)16-25/h5,9-10,14,18,22,25H,3-4,6-8,11-13,15-16,24H2,1-2H3/t18-,22+,23-/m1/s1. The minimum atomic E-state index is -0.350. The van der Waals surface area contributed by atoms with E-state index in [1.807, 2.05) is 0 Å². The molecule has 1 aromatic carbocycles. The summed E-state index contributed by atoms with van der Waals surface area (Å²) < 4.78 is 0. The van der Waals surface area contributed by atoms with Gasteiger partial charge in [-0.05, 0) is 100 Å². The van der Waals surface area contributed by atoms with Crippen molar-refractivity contribution in [3.63, 3.8) is 0 Å². The molecule has 0 unspecified atom stereocenters. The minimum Gasteiger partial charge on any atom is -0.394 e. The molecule has 0 radical (unpaired) electrons. The number of hydrogen-bond acceptors (Lipinski definition) is 2. The monoisotopic (exact) mass is 341 g/mol. The fraction of sp³-hybridized carbons (Fsp3) is 0.652. The van der Waals surface area contributed by atoms with E-state index in [9.17, 15) is 5.11 Å². The third kappa shape index (κ3) is 4.74. The molecule has 0 saturated heterocycles. The van der Waals surface area contributed by atoms with Crippen molar-refractivity contribution in [3.8, 4) is 0 Å². The van der Waals surface area contributed by atoms with Crippen LogP contribution in [0.2, 0.25) is 0 Å². The van der Waals surface area contributed by atoms with Gasteiger partial charge >= 0.3 is 0 Å². The van der Waals surface area contributed by atoms with E-state index in [-0.39, 0.29) is 12.1 Å². The fourth-order valence-electron chi connectivity index (χ4n) is 4.73. The third-order valence-electron chi connectivity index (χ3n) is 6.36. The smallest absolute Gasteiger partial charge is 0.0611 e. The molecule has 3 atom stereocenters. The van der Waals surface area contributed by atoms with E-state index in [1.54, 1.807) is 11.1 Å². The molecule has 2 aliphatic rings. The molecule has 0 aliphatic heterocycles. The molecule has 25 heavy (non-hydrogen) atoms. The number of nitrogens with two attached hydrogens (primary N) is 1. The molecular formula is C23H35NO. The molecule has 3 rings (SSSR count). The van der Waals surface area contributed by atoms with E-state index >= 15 is 0 Å². The second-order valence-electron chi connectivity index (χ2n) is 8.81. The van der Waals surface area contributed by atoms with Crippen LogP contribution in [-0.2, 0) is 12.8 Å². The van der Waals surface area contributed by atoms with E-state index < -0.39 is 0 Å². The molecular weight excluding hydrogens is 306 g/mol. The summed E-state index contributed by atoms with van der Waals surface area (Å²) in [5, 5.41) is 9.50. The highest BCUT2D eigenvalue weighted by Crippen LogP contribution is 2.40. The summed E-state index contributed by atoms with van der Waals surface area (Å²) in [6, 6.07) is 7.16. The number of aryl methyl sites for hydroxylation is 1. The number of aliphatic hydroxyl groups is 1. The van der Waals surface area contributed by atoms with E-state index in [2.05, 4.69) is 38.1 Å². The Hall–Kier alpha value is -1.12. The van der Waals surface area contributed by atoms with Crippen molar-refractivity contribution < 1.29 is 5.11 Å². The quantitative estimate of drug-likeness (QED) is 0.572. The van der Waals surface area contributed by atoms with Crippen LogP contribution in [0.15, 0.2) is 29.8 Å². The van der Waals surface area contributed by atoms with Crippen molar-refractivity contribution in [1.29, 1.82) is 0 Å². The van der Waals surface area contributed by atoms with Gasteiger partial charge in [0.2, 0.25) is 0 Å². The molecule has 2 aliphatic carbocycles. The summed E-state index contributed by atoms with van der Waals surface area (Å²) >= 11 is 0. The van der Waals surface area contributed by atoms with Gasteiger partial charge in [0.15, 0.2) is 0 Å². The van der Waals surface area contributed by atoms with Crippen LogP contribution in [0.1, 0.15) is 81.4 Å². The molecule has 2 heteroatoms. The molecule has 0 spiro atoms. The highest BCUT2D eigenvalue weighted by atomic mass is 16.3. The van der Waals surface area contributed by atoms with Crippen molar-refractivity contribution >= 4 is 0 Å². The molecule has 3 N–H and O–H groups in total. The molecule has 0 amide bonds. The summed E-state index contributed by atoms with van der Waals surface area (Å²) in [6.07, 6.45) is 13.1. The van der Waals surface area contributed by atoms with Crippen molar-refractivity contribution in [2.75, 3.05) is 6.61 Å².